The smallest absolute Gasteiger partial charge is 0.150 e. The van der Waals surface area contributed by atoms with Gasteiger partial charge in [-0.1, -0.05) is 73.1 Å². The fourth-order valence-electron chi connectivity index (χ4n) is 3.31. The van der Waals surface area contributed by atoms with Crippen LogP contribution in [0.1, 0.15) is 81.9 Å². The number of ether oxygens (including phenoxy) is 1. The van der Waals surface area contributed by atoms with Gasteiger partial charge in [0, 0.05) is 24.1 Å². The number of carbonyl (C=O) groups excluding carboxylic acids is 1. The fraction of sp³-hybridized carbons (Fsp3) is 0.519. The molecule has 0 saturated carbocycles. The number of aromatic hydroxyl groups is 1. The van der Waals surface area contributed by atoms with Crippen molar-refractivity contribution in [3.8, 4) is 11.5 Å². The highest BCUT2D eigenvalue weighted by Gasteiger charge is 2.22. The van der Waals surface area contributed by atoms with Crippen molar-refractivity contribution in [3.63, 3.8) is 0 Å². The van der Waals surface area contributed by atoms with Gasteiger partial charge >= 0.3 is 0 Å². The molecule has 172 valence electrons. The Kier molecular flexibility index (Phi) is 11.3. The van der Waals surface area contributed by atoms with Crippen LogP contribution in [0.5, 0.6) is 11.5 Å². The van der Waals surface area contributed by atoms with E-state index in [2.05, 4.69) is 32.6 Å². The minimum Gasteiger partial charge on any atom is -0.507 e. The van der Waals surface area contributed by atoms with Crippen LogP contribution in [0.25, 0.3) is 0 Å². The summed E-state index contributed by atoms with van der Waals surface area (Å²) in [6.07, 6.45) is 2.60. The number of hydrogen-bond acceptors (Lipinski definition) is 4. The first-order chi connectivity index (χ1) is 14.7. The minimum absolute atomic E-state index is 0.252. The van der Waals surface area contributed by atoms with Crippen molar-refractivity contribution in [2.75, 3.05) is 26.2 Å². The maximum absolute atomic E-state index is 11.4. The summed E-state index contributed by atoms with van der Waals surface area (Å²) in [5.74, 6) is 1.08. The number of phenolic OH excluding ortho intramolecular Hbond substituents is 1. The number of hydrogen-bond donors (Lipinski definition) is 1. The Balaban J connectivity index is 0.00000151. The van der Waals surface area contributed by atoms with E-state index in [1.807, 2.05) is 45.0 Å². The molecule has 2 aromatic rings. The summed E-state index contributed by atoms with van der Waals surface area (Å²) in [5, 5.41) is 10.8. The van der Waals surface area contributed by atoms with Crippen LogP contribution in [0, 0.1) is 0 Å². The van der Waals surface area contributed by atoms with Crippen molar-refractivity contribution < 1.29 is 14.6 Å². The Bertz CT molecular complexity index is 805. The van der Waals surface area contributed by atoms with E-state index in [-0.39, 0.29) is 11.2 Å². The summed E-state index contributed by atoms with van der Waals surface area (Å²) >= 11 is 0. The Morgan fingerprint density at radius 2 is 1.61 bits per heavy atom. The lowest BCUT2D eigenvalue weighted by Gasteiger charge is -2.23. The molecule has 0 aromatic heterocycles. The average Bonchev–Trinajstić information content (AvgIpc) is 2.73. The number of para-hydroxylation sites is 1. The summed E-state index contributed by atoms with van der Waals surface area (Å²) in [7, 11) is 0. The number of likely N-dealkylation sites (N-methyl/N-ethyl adjacent to an activating group) is 1. The molecule has 0 saturated heterocycles. The van der Waals surface area contributed by atoms with Crippen molar-refractivity contribution in [2.45, 2.75) is 66.7 Å². The number of benzene rings is 2. The predicted molar refractivity (Wildman–Crippen MR) is 131 cm³/mol. The molecule has 0 atom stereocenters. The van der Waals surface area contributed by atoms with E-state index < -0.39 is 0 Å². The van der Waals surface area contributed by atoms with Crippen molar-refractivity contribution in [1.29, 1.82) is 0 Å². The van der Waals surface area contributed by atoms with E-state index in [9.17, 15) is 9.90 Å². The van der Waals surface area contributed by atoms with Crippen LogP contribution in [0.2, 0.25) is 0 Å². The zero-order valence-corrected chi connectivity index (χ0v) is 20.5. The van der Waals surface area contributed by atoms with Crippen LogP contribution in [-0.2, 0) is 11.8 Å². The molecule has 0 amide bonds. The Hall–Kier alpha value is -2.33. The largest absolute Gasteiger partial charge is 0.507 e. The molecule has 4 nitrogen and oxygen atoms in total. The lowest BCUT2D eigenvalue weighted by Crippen LogP contribution is -2.28. The molecule has 0 aliphatic heterocycles. The van der Waals surface area contributed by atoms with Gasteiger partial charge < -0.3 is 14.7 Å². The summed E-state index contributed by atoms with van der Waals surface area (Å²) in [6.45, 7) is 18.1. The molecule has 0 aliphatic rings. The highest BCUT2D eigenvalue weighted by atomic mass is 16.5. The molecular formula is C27H41NO3. The molecule has 0 aliphatic carbocycles. The SMILES string of the molecule is CCC.CCN(CC)CCOc1ccccc1Cc1cc(C=O)cc(C(C)(C)C)c1O. The van der Waals surface area contributed by atoms with Crippen molar-refractivity contribution in [1.82, 2.24) is 4.90 Å². The third-order valence-corrected chi connectivity index (χ3v) is 5.07. The molecule has 0 fully saturated rings. The van der Waals surface area contributed by atoms with Crippen LogP contribution in [-0.4, -0.2) is 42.5 Å². The molecule has 0 spiro atoms. The first-order valence-electron chi connectivity index (χ1n) is 11.5. The van der Waals surface area contributed by atoms with Gasteiger partial charge in [-0.2, -0.15) is 0 Å². The maximum atomic E-state index is 11.4. The Morgan fingerprint density at radius 3 is 2.16 bits per heavy atom. The lowest BCUT2D eigenvalue weighted by molar-refractivity contribution is 0.112. The van der Waals surface area contributed by atoms with Crippen molar-refractivity contribution >= 4 is 6.29 Å². The fourth-order valence-corrected chi connectivity index (χ4v) is 3.31. The molecule has 2 rings (SSSR count). The summed E-state index contributed by atoms with van der Waals surface area (Å²) < 4.78 is 6.04. The number of phenols is 1. The predicted octanol–water partition coefficient (Wildman–Crippen LogP) is 6.23. The Morgan fingerprint density at radius 1 is 1.00 bits per heavy atom. The molecule has 4 heteroatoms. The van der Waals surface area contributed by atoms with E-state index in [0.717, 1.165) is 48.4 Å². The van der Waals surface area contributed by atoms with Crippen LogP contribution in [0.15, 0.2) is 36.4 Å². The third-order valence-electron chi connectivity index (χ3n) is 5.07. The van der Waals surface area contributed by atoms with Gasteiger partial charge in [0.15, 0.2) is 0 Å². The van der Waals surface area contributed by atoms with Gasteiger partial charge in [0.1, 0.15) is 24.4 Å². The van der Waals surface area contributed by atoms with Gasteiger partial charge in [0.2, 0.25) is 0 Å². The van der Waals surface area contributed by atoms with Crippen LogP contribution < -0.4 is 4.74 Å². The molecule has 31 heavy (non-hydrogen) atoms. The van der Waals surface area contributed by atoms with Crippen LogP contribution in [0.4, 0.5) is 0 Å². The molecule has 0 bridgehead atoms. The van der Waals surface area contributed by atoms with E-state index in [0.29, 0.717) is 18.6 Å². The minimum atomic E-state index is -0.252. The van der Waals surface area contributed by atoms with E-state index in [1.54, 1.807) is 12.1 Å². The second kappa shape index (κ2) is 13.2. The number of aldehydes is 1. The van der Waals surface area contributed by atoms with Crippen LogP contribution >= 0.6 is 0 Å². The zero-order chi connectivity index (χ0) is 23.4. The third kappa shape index (κ3) is 8.37. The second-order valence-corrected chi connectivity index (χ2v) is 8.81. The van der Waals surface area contributed by atoms with Gasteiger partial charge in [-0.05, 0) is 47.8 Å². The monoisotopic (exact) mass is 427 g/mol. The van der Waals surface area contributed by atoms with Crippen LogP contribution in [0.3, 0.4) is 0 Å². The maximum Gasteiger partial charge on any atom is 0.150 e. The molecule has 0 heterocycles. The van der Waals surface area contributed by atoms with Crippen molar-refractivity contribution in [2.24, 2.45) is 0 Å². The molecular weight excluding hydrogens is 386 g/mol. The van der Waals surface area contributed by atoms with Crippen molar-refractivity contribution in [3.05, 3.63) is 58.7 Å². The van der Waals surface area contributed by atoms with E-state index in [1.165, 1.54) is 6.42 Å². The molecule has 2 aromatic carbocycles. The standard InChI is InChI=1S/C24H33NO3.C3H8/c1-6-25(7-2)12-13-28-22-11-9-8-10-19(22)16-20-14-18(17-26)15-21(23(20)27)24(3,4)5;1-3-2/h8-11,14-15,17,27H,6-7,12-13,16H2,1-5H3;3H2,1-2H3. The molecule has 0 radical (unpaired) electrons. The first kappa shape index (κ1) is 26.7. The van der Waals surface area contributed by atoms with Gasteiger partial charge in [0.05, 0.1) is 0 Å². The zero-order valence-electron chi connectivity index (χ0n) is 20.5. The van der Waals surface area contributed by atoms with Gasteiger partial charge in [0.25, 0.3) is 0 Å². The van der Waals surface area contributed by atoms with Gasteiger partial charge in [-0.15, -0.1) is 0 Å². The lowest BCUT2D eigenvalue weighted by atomic mass is 9.83. The molecule has 0 unspecified atom stereocenters. The van der Waals surface area contributed by atoms with E-state index >= 15 is 0 Å². The highest BCUT2D eigenvalue weighted by Crippen LogP contribution is 2.36. The highest BCUT2D eigenvalue weighted by molar-refractivity contribution is 5.77. The number of rotatable bonds is 9. The summed E-state index contributed by atoms with van der Waals surface area (Å²) in [6, 6.07) is 11.4. The number of carbonyl (C=O) groups is 1. The second-order valence-electron chi connectivity index (χ2n) is 8.81. The average molecular weight is 428 g/mol. The summed E-state index contributed by atoms with van der Waals surface area (Å²) in [5.41, 5.74) is 2.86. The number of nitrogens with zero attached hydrogens (tertiary/aromatic N) is 1. The van der Waals surface area contributed by atoms with Gasteiger partial charge in [-0.25, -0.2) is 0 Å². The van der Waals surface area contributed by atoms with Gasteiger partial charge in [-0.3, -0.25) is 4.79 Å². The van der Waals surface area contributed by atoms with E-state index in [4.69, 9.17) is 4.74 Å². The Labute approximate surface area is 189 Å². The quantitative estimate of drug-likeness (QED) is 0.482. The molecule has 1 N–H and O–H groups in total. The normalized spacial score (nSPS) is 11.1. The first-order valence-corrected chi connectivity index (χ1v) is 11.5. The topological polar surface area (TPSA) is 49.8 Å². The summed E-state index contributed by atoms with van der Waals surface area (Å²) in [4.78, 5) is 13.7.